The molecule has 0 amide bonds. The van der Waals surface area contributed by atoms with Gasteiger partial charge in [-0.15, -0.1) is 0 Å². The monoisotopic (exact) mass is 298 g/mol. The molecule has 0 spiro atoms. The predicted molar refractivity (Wildman–Crippen MR) is 87.7 cm³/mol. The Hall–Kier alpha value is -1.01. The normalized spacial score (nSPS) is 13.8. The second-order valence-electron chi connectivity index (χ2n) is 5.12. The third-order valence-corrected chi connectivity index (χ3v) is 3.66. The lowest BCUT2D eigenvalue weighted by atomic mass is 10.1. The largest absolute Gasteiger partial charge is 0.387 e. The van der Waals surface area contributed by atoms with Crippen molar-refractivity contribution in [2.45, 2.75) is 39.2 Å². The van der Waals surface area contributed by atoms with Gasteiger partial charge >= 0.3 is 0 Å². The second-order valence-corrected chi connectivity index (χ2v) is 5.98. The average molecular weight is 298 g/mol. The average Bonchev–Trinajstić information content (AvgIpc) is 2.43. The van der Waals surface area contributed by atoms with Crippen LogP contribution in [-0.2, 0) is 6.42 Å². The number of aryl methyl sites for hydroxylation is 1. The van der Waals surface area contributed by atoms with Crippen LogP contribution in [0.3, 0.4) is 0 Å². The van der Waals surface area contributed by atoms with E-state index in [4.69, 9.17) is 0 Å². The minimum atomic E-state index is -0.742. The fourth-order valence-electron chi connectivity index (χ4n) is 1.73. The molecule has 0 radical (unpaired) electrons. The summed E-state index contributed by atoms with van der Waals surface area (Å²) in [6.07, 6.45) is 3.83. The van der Waals surface area contributed by atoms with Crippen LogP contribution >= 0.6 is 11.8 Å². The Morgan fingerprint density at radius 3 is 2.45 bits per heavy atom. The zero-order valence-electron chi connectivity index (χ0n) is 12.9. The molecule has 0 fully saturated rings. The maximum absolute atomic E-state index is 10.2. The first-order chi connectivity index (χ1) is 9.50. The number of anilines is 2. The number of hydrogen-bond donors (Lipinski definition) is 3. The van der Waals surface area contributed by atoms with Crippen LogP contribution in [0.25, 0.3) is 0 Å². The number of thioether (sulfide) groups is 1. The van der Waals surface area contributed by atoms with Crippen LogP contribution in [0, 0.1) is 0 Å². The first-order valence-corrected chi connectivity index (χ1v) is 8.47. The molecule has 0 saturated heterocycles. The first-order valence-electron chi connectivity index (χ1n) is 7.07. The van der Waals surface area contributed by atoms with Gasteiger partial charge in [-0.3, -0.25) is 0 Å². The van der Waals surface area contributed by atoms with Crippen LogP contribution in [-0.4, -0.2) is 45.8 Å². The molecule has 0 aliphatic heterocycles. The van der Waals surface area contributed by atoms with Gasteiger partial charge in [0.25, 0.3) is 0 Å². The van der Waals surface area contributed by atoms with Gasteiger partial charge in [-0.25, -0.2) is 9.97 Å². The van der Waals surface area contributed by atoms with Gasteiger partial charge in [0, 0.05) is 31.3 Å². The highest BCUT2D eigenvalue weighted by molar-refractivity contribution is 7.98. The number of aliphatic hydroxyl groups is 1. The summed E-state index contributed by atoms with van der Waals surface area (Å²) in [4.78, 5) is 8.88. The molecule has 1 rings (SSSR count). The van der Waals surface area contributed by atoms with Gasteiger partial charge in [0.15, 0.2) is 0 Å². The van der Waals surface area contributed by atoms with Gasteiger partial charge in [-0.1, -0.05) is 13.8 Å². The van der Waals surface area contributed by atoms with E-state index in [1.54, 1.807) is 11.8 Å². The topological polar surface area (TPSA) is 70.1 Å². The van der Waals surface area contributed by atoms with Gasteiger partial charge in [-0.2, -0.15) is 11.8 Å². The summed E-state index contributed by atoms with van der Waals surface area (Å²) in [7, 11) is 0. The maximum Gasteiger partial charge on any atom is 0.132 e. The van der Waals surface area contributed by atoms with E-state index in [0.29, 0.717) is 12.3 Å². The minimum Gasteiger partial charge on any atom is -0.387 e. The van der Waals surface area contributed by atoms with Crippen LogP contribution in [0.5, 0.6) is 0 Å². The third-order valence-electron chi connectivity index (χ3n) is 2.75. The Kier molecular flexibility index (Phi) is 7.09. The maximum atomic E-state index is 10.2. The molecule has 1 unspecified atom stereocenters. The quantitative estimate of drug-likeness (QED) is 0.650. The fraction of sp³-hybridized carbons (Fsp3) is 0.714. The number of nitrogens with zero attached hydrogens (tertiary/aromatic N) is 2. The van der Waals surface area contributed by atoms with Crippen LogP contribution < -0.4 is 10.6 Å². The standard InChI is InChI=1S/C14H26N4OS/c1-5-7-15-12-8-13(18-11(6-2)17-12)16-9-14(3,19)10-20-4/h8,19H,5-7,9-10H2,1-4H3,(H2,15,16,17,18). The summed E-state index contributed by atoms with van der Waals surface area (Å²) in [5.41, 5.74) is -0.742. The SMILES string of the molecule is CCCNc1cc(NCC(C)(O)CSC)nc(CC)n1. The Balaban J connectivity index is 2.73. The summed E-state index contributed by atoms with van der Waals surface area (Å²) >= 11 is 1.63. The molecule has 0 aliphatic carbocycles. The van der Waals surface area contributed by atoms with Crippen molar-refractivity contribution in [1.29, 1.82) is 0 Å². The molecule has 20 heavy (non-hydrogen) atoms. The van der Waals surface area contributed by atoms with Crippen molar-refractivity contribution in [3.8, 4) is 0 Å². The van der Waals surface area contributed by atoms with Crippen LogP contribution in [0.15, 0.2) is 6.07 Å². The van der Waals surface area contributed by atoms with E-state index in [1.807, 2.05) is 26.2 Å². The highest BCUT2D eigenvalue weighted by Gasteiger charge is 2.19. The summed E-state index contributed by atoms with van der Waals surface area (Å²) < 4.78 is 0. The minimum absolute atomic E-state index is 0.473. The zero-order valence-corrected chi connectivity index (χ0v) is 13.7. The van der Waals surface area contributed by atoms with E-state index in [0.717, 1.165) is 36.8 Å². The van der Waals surface area contributed by atoms with E-state index in [-0.39, 0.29) is 0 Å². The molecule has 114 valence electrons. The summed E-state index contributed by atoms with van der Waals surface area (Å²) in [6, 6.07) is 1.89. The molecule has 0 bridgehead atoms. The molecule has 0 aliphatic rings. The van der Waals surface area contributed by atoms with Gasteiger partial charge in [0.1, 0.15) is 17.5 Å². The van der Waals surface area contributed by atoms with Crippen molar-refractivity contribution < 1.29 is 5.11 Å². The van der Waals surface area contributed by atoms with Crippen molar-refractivity contribution in [1.82, 2.24) is 9.97 Å². The molecule has 0 saturated carbocycles. The fourth-order valence-corrected chi connectivity index (χ4v) is 2.46. The summed E-state index contributed by atoms with van der Waals surface area (Å²) in [5, 5.41) is 16.7. The van der Waals surface area contributed by atoms with Crippen molar-refractivity contribution in [3.63, 3.8) is 0 Å². The highest BCUT2D eigenvalue weighted by Crippen LogP contribution is 2.15. The van der Waals surface area contributed by atoms with Gasteiger partial charge in [0.2, 0.25) is 0 Å². The van der Waals surface area contributed by atoms with Crippen LogP contribution in [0.1, 0.15) is 33.0 Å². The Bertz CT molecular complexity index is 412. The predicted octanol–water partition coefficient (Wildman–Crippen LogP) is 2.39. The first kappa shape index (κ1) is 17.0. The van der Waals surface area contributed by atoms with Crippen LogP contribution in [0.2, 0.25) is 0 Å². The van der Waals surface area contributed by atoms with E-state index in [2.05, 4.69) is 27.5 Å². The molecular weight excluding hydrogens is 272 g/mol. The molecule has 1 aromatic rings. The lowest BCUT2D eigenvalue weighted by molar-refractivity contribution is 0.0996. The molecule has 1 heterocycles. The van der Waals surface area contributed by atoms with E-state index in [1.165, 1.54) is 0 Å². The van der Waals surface area contributed by atoms with Gasteiger partial charge in [0.05, 0.1) is 5.60 Å². The van der Waals surface area contributed by atoms with Crippen LogP contribution in [0.4, 0.5) is 11.6 Å². The molecule has 1 atom stereocenters. The van der Waals surface area contributed by atoms with E-state index < -0.39 is 5.60 Å². The number of rotatable bonds is 9. The van der Waals surface area contributed by atoms with Gasteiger partial charge < -0.3 is 15.7 Å². The van der Waals surface area contributed by atoms with Crippen molar-refractivity contribution >= 4 is 23.4 Å². The van der Waals surface area contributed by atoms with Crippen molar-refractivity contribution in [2.24, 2.45) is 0 Å². The van der Waals surface area contributed by atoms with Crippen molar-refractivity contribution in [3.05, 3.63) is 11.9 Å². The summed E-state index contributed by atoms with van der Waals surface area (Å²) in [6.45, 7) is 7.35. The Morgan fingerprint density at radius 1 is 1.25 bits per heavy atom. The second kappa shape index (κ2) is 8.32. The number of nitrogens with one attached hydrogen (secondary N) is 2. The Labute approximate surface area is 126 Å². The lowest BCUT2D eigenvalue weighted by Crippen LogP contribution is -2.36. The lowest BCUT2D eigenvalue weighted by Gasteiger charge is -2.23. The molecule has 3 N–H and O–H groups in total. The van der Waals surface area contributed by atoms with E-state index >= 15 is 0 Å². The van der Waals surface area contributed by atoms with Gasteiger partial charge in [-0.05, 0) is 19.6 Å². The Morgan fingerprint density at radius 2 is 1.90 bits per heavy atom. The zero-order chi connectivity index (χ0) is 15.0. The molecule has 0 aromatic carbocycles. The van der Waals surface area contributed by atoms with Crippen molar-refractivity contribution in [2.75, 3.05) is 35.7 Å². The molecule has 1 aromatic heterocycles. The van der Waals surface area contributed by atoms with E-state index in [9.17, 15) is 5.11 Å². The number of aromatic nitrogens is 2. The summed E-state index contributed by atoms with van der Waals surface area (Å²) in [5.74, 6) is 3.09. The molecule has 5 nitrogen and oxygen atoms in total. The molecule has 6 heteroatoms. The highest BCUT2D eigenvalue weighted by atomic mass is 32.2. The third kappa shape index (κ3) is 5.96. The number of hydrogen-bond acceptors (Lipinski definition) is 6. The smallest absolute Gasteiger partial charge is 0.132 e. The molecular formula is C14H26N4OS.